The summed E-state index contributed by atoms with van der Waals surface area (Å²) in [5.74, 6) is 1.04. The monoisotopic (exact) mass is 324 g/mol. The summed E-state index contributed by atoms with van der Waals surface area (Å²) in [6.07, 6.45) is 6.91. The van der Waals surface area contributed by atoms with E-state index in [9.17, 15) is 4.39 Å². The molecule has 0 atom stereocenters. The van der Waals surface area contributed by atoms with Crippen LogP contribution in [0.15, 0.2) is 60.9 Å². The van der Waals surface area contributed by atoms with Crippen LogP contribution in [-0.4, -0.2) is 7.11 Å². The zero-order chi connectivity index (χ0) is 16.8. The third-order valence-corrected chi connectivity index (χ3v) is 5.10. The minimum absolute atomic E-state index is 0.427. The standard InChI is InChI=1S/C22H25FO/c1-24-16-18-4-8-20(9-5-18)22-12-10-21(11-13-22)19-6-2-17(3-7-19)14-15-23/h4-5,8-15,17,19H,2-3,6-7,16H2,1H3/b15-14+. The van der Waals surface area contributed by atoms with Gasteiger partial charge in [0, 0.05) is 7.11 Å². The van der Waals surface area contributed by atoms with Crippen LogP contribution in [0.25, 0.3) is 11.1 Å². The summed E-state index contributed by atoms with van der Waals surface area (Å²) in [4.78, 5) is 0. The molecule has 1 nitrogen and oxygen atoms in total. The van der Waals surface area contributed by atoms with E-state index in [0.717, 1.165) is 25.7 Å². The van der Waals surface area contributed by atoms with Gasteiger partial charge in [0.1, 0.15) is 0 Å². The van der Waals surface area contributed by atoms with Crippen LogP contribution in [0.2, 0.25) is 0 Å². The van der Waals surface area contributed by atoms with Crippen LogP contribution in [0.5, 0.6) is 0 Å². The van der Waals surface area contributed by atoms with E-state index in [2.05, 4.69) is 48.5 Å². The molecule has 0 heterocycles. The summed E-state index contributed by atoms with van der Waals surface area (Å²) in [5, 5.41) is 0. The average molecular weight is 324 g/mol. The van der Waals surface area contributed by atoms with Crippen LogP contribution in [0, 0.1) is 5.92 Å². The Morgan fingerprint density at radius 2 is 1.50 bits per heavy atom. The second kappa shape index (κ2) is 8.25. The Kier molecular flexibility index (Phi) is 5.81. The van der Waals surface area contributed by atoms with Gasteiger partial charge in [-0.15, -0.1) is 0 Å². The van der Waals surface area contributed by atoms with E-state index in [1.54, 1.807) is 13.2 Å². The maximum absolute atomic E-state index is 12.3. The van der Waals surface area contributed by atoms with E-state index in [4.69, 9.17) is 4.74 Å². The molecule has 2 heteroatoms. The topological polar surface area (TPSA) is 9.23 Å². The minimum atomic E-state index is 0.427. The van der Waals surface area contributed by atoms with E-state index in [-0.39, 0.29) is 0 Å². The summed E-state index contributed by atoms with van der Waals surface area (Å²) >= 11 is 0. The molecule has 0 spiro atoms. The fourth-order valence-corrected chi connectivity index (χ4v) is 3.66. The maximum atomic E-state index is 12.3. The van der Waals surface area contributed by atoms with Crippen LogP contribution < -0.4 is 0 Å². The van der Waals surface area contributed by atoms with Crippen molar-refractivity contribution < 1.29 is 9.13 Å². The van der Waals surface area contributed by atoms with Crippen molar-refractivity contribution in [3.63, 3.8) is 0 Å². The van der Waals surface area contributed by atoms with Crippen LogP contribution in [0.4, 0.5) is 4.39 Å². The fourth-order valence-electron chi connectivity index (χ4n) is 3.66. The highest BCUT2D eigenvalue weighted by Crippen LogP contribution is 2.37. The number of benzene rings is 2. The molecule has 0 saturated heterocycles. The first-order chi connectivity index (χ1) is 11.8. The molecule has 1 aliphatic carbocycles. The summed E-state index contributed by atoms with van der Waals surface area (Å²) in [5.41, 5.74) is 5.09. The predicted octanol–water partition coefficient (Wildman–Crippen LogP) is 6.26. The second-order valence-electron chi connectivity index (χ2n) is 6.68. The van der Waals surface area contributed by atoms with Crippen LogP contribution in [-0.2, 0) is 11.3 Å². The molecule has 0 radical (unpaired) electrons. The normalized spacial score (nSPS) is 21.2. The Bertz CT molecular complexity index is 649. The van der Waals surface area contributed by atoms with Crippen LogP contribution in [0.1, 0.15) is 42.7 Å². The molecule has 0 amide bonds. The van der Waals surface area contributed by atoms with Gasteiger partial charge in [0.25, 0.3) is 0 Å². The lowest BCUT2D eigenvalue weighted by atomic mass is 9.78. The van der Waals surface area contributed by atoms with E-state index in [0.29, 0.717) is 24.8 Å². The number of hydrogen-bond donors (Lipinski definition) is 0. The van der Waals surface area contributed by atoms with Crippen molar-refractivity contribution in [3.8, 4) is 11.1 Å². The Balaban J connectivity index is 1.65. The van der Waals surface area contributed by atoms with Crippen LogP contribution >= 0.6 is 0 Å². The number of rotatable bonds is 5. The zero-order valence-corrected chi connectivity index (χ0v) is 14.2. The van der Waals surface area contributed by atoms with Gasteiger partial charge in [-0.3, -0.25) is 0 Å². The summed E-state index contributed by atoms with van der Waals surface area (Å²) in [7, 11) is 1.72. The van der Waals surface area contributed by atoms with E-state index >= 15 is 0 Å². The molecule has 0 unspecified atom stereocenters. The Morgan fingerprint density at radius 1 is 0.917 bits per heavy atom. The molecular weight excluding hydrogens is 299 g/mol. The van der Waals surface area contributed by atoms with Gasteiger partial charge in [-0.2, -0.15) is 0 Å². The summed E-state index contributed by atoms with van der Waals surface area (Å²) < 4.78 is 17.4. The molecular formula is C22H25FO. The van der Waals surface area contributed by atoms with E-state index in [1.165, 1.54) is 22.3 Å². The summed E-state index contributed by atoms with van der Waals surface area (Å²) in [6.45, 7) is 0.652. The highest BCUT2D eigenvalue weighted by atomic mass is 19.1. The van der Waals surface area contributed by atoms with Crippen molar-refractivity contribution in [2.75, 3.05) is 7.11 Å². The molecule has 3 rings (SSSR count). The molecule has 0 aromatic heterocycles. The minimum Gasteiger partial charge on any atom is -0.380 e. The van der Waals surface area contributed by atoms with E-state index < -0.39 is 0 Å². The first-order valence-corrected chi connectivity index (χ1v) is 8.75. The summed E-state index contributed by atoms with van der Waals surface area (Å²) in [6, 6.07) is 17.5. The number of ether oxygens (including phenoxy) is 1. The number of hydrogen-bond acceptors (Lipinski definition) is 1. The lowest BCUT2D eigenvalue weighted by Crippen LogP contribution is -2.11. The predicted molar refractivity (Wildman–Crippen MR) is 97.5 cm³/mol. The first-order valence-electron chi connectivity index (χ1n) is 8.75. The molecule has 126 valence electrons. The lowest BCUT2D eigenvalue weighted by Gasteiger charge is -2.27. The molecule has 0 N–H and O–H groups in total. The molecule has 0 aliphatic heterocycles. The molecule has 1 aliphatic rings. The molecule has 1 saturated carbocycles. The Labute approximate surface area is 144 Å². The van der Waals surface area contributed by atoms with Crippen molar-refractivity contribution in [2.24, 2.45) is 5.92 Å². The van der Waals surface area contributed by atoms with Crippen molar-refractivity contribution in [1.29, 1.82) is 0 Å². The number of methoxy groups -OCH3 is 1. The van der Waals surface area contributed by atoms with Crippen LogP contribution in [0.3, 0.4) is 0 Å². The van der Waals surface area contributed by atoms with Gasteiger partial charge in [0.05, 0.1) is 12.9 Å². The molecule has 2 aromatic carbocycles. The third kappa shape index (κ3) is 4.12. The van der Waals surface area contributed by atoms with Gasteiger partial charge in [-0.1, -0.05) is 54.6 Å². The van der Waals surface area contributed by atoms with Crippen molar-refractivity contribution in [1.82, 2.24) is 0 Å². The largest absolute Gasteiger partial charge is 0.380 e. The number of halogens is 1. The van der Waals surface area contributed by atoms with Crippen molar-refractivity contribution in [3.05, 3.63) is 72.1 Å². The van der Waals surface area contributed by atoms with Gasteiger partial charge >= 0.3 is 0 Å². The Morgan fingerprint density at radius 3 is 2.04 bits per heavy atom. The van der Waals surface area contributed by atoms with Gasteiger partial charge in [0.15, 0.2) is 0 Å². The van der Waals surface area contributed by atoms with Crippen molar-refractivity contribution in [2.45, 2.75) is 38.2 Å². The fraction of sp³-hybridized carbons (Fsp3) is 0.364. The van der Waals surface area contributed by atoms with Gasteiger partial charge in [0.2, 0.25) is 0 Å². The smallest absolute Gasteiger partial charge is 0.0829 e. The first kappa shape index (κ1) is 16.9. The average Bonchev–Trinajstić information content (AvgIpc) is 2.64. The third-order valence-electron chi connectivity index (χ3n) is 5.10. The maximum Gasteiger partial charge on any atom is 0.0829 e. The molecule has 0 bridgehead atoms. The second-order valence-corrected chi connectivity index (χ2v) is 6.68. The van der Waals surface area contributed by atoms with Gasteiger partial charge in [-0.25, -0.2) is 4.39 Å². The highest BCUT2D eigenvalue weighted by Gasteiger charge is 2.20. The van der Waals surface area contributed by atoms with Crippen molar-refractivity contribution >= 4 is 0 Å². The van der Waals surface area contributed by atoms with Gasteiger partial charge in [-0.05, 0) is 59.8 Å². The number of allylic oxidation sites excluding steroid dienone is 1. The lowest BCUT2D eigenvalue weighted by molar-refractivity contribution is 0.185. The Hall–Kier alpha value is -1.93. The molecule has 1 fully saturated rings. The van der Waals surface area contributed by atoms with Gasteiger partial charge < -0.3 is 4.74 Å². The highest BCUT2D eigenvalue weighted by molar-refractivity contribution is 5.64. The van der Waals surface area contributed by atoms with E-state index in [1.807, 2.05) is 0 Å². The molecule has 24 heavy (non-hydrogen) atoms. The molecule has 2 aromatic rings. The zero-order valence-electron chi connectivity index (χ0n) is 14.2. The quantitative estimate of drug-likeness (QED) is 0.631. The SMILES string of the molecule is COCc1ccc(-c2ccc(C3CCC(/C=C/F)CC3)cc2)cc1.